The molecule has 2 aromatic carbocycles. The van der Waals surface area contributed by atoms with Crippen molar-refractivity contribution in [3.63, 3.8) is 0 Å². The van der Waals surface area contributed by atoms with Crippen molar-refractivity contribution < 1.29 is 9.47 Å². The number of nitrogens with zero attached hydrogens (tertiary/aromatic N) is 1. The number of hydrogen-bond acceptors (Lipinski definition) is 3. The van der Waals surface area contributed by atoms with E-state index in [9.17, 15) is 5.26 Å². The largest absolute Gasteiger partial charge is 0.494 e. The normalized spacial score (nSPS) is 11.2. The molecule has 0 fully saturated rings. The van der Waals surface area contributed by atoms with Gasteiger partial charge in [0.25, 0.3) is 0 Å². The van der Waals surface area contributed by atoms with Gasteiger partial charge in [0.2, 0.25) is 0 Å². The van der Waals surface area contributed by atoms with Crippen LogP contribution in [0.4, 0.5) is 0 Å². The highest BCUT2D eigenvalue weighted by Crippen LogP contribution is 2.22. The van der Waals surface area contributed by atoms with E-state index in [1.54, 1.807) is 0 Å². The topological polar surface area (TPSA) is 42.2 Å². The molecular formula is C27H35NO2. The van der Waals surface area contributed by atoms with Gasteiger partial charge in [-0.05, 0) is 66.4 Å². The van der Waals surface area contributed by atoms with Gasteiger partial charge in [-0.3, -0.25) is 0 Å². The molecule has 0 spiro atoms. The van der Waals surface area contributed by atoms with Crippen LogP contribution in [0, 0.1) is 11.3 Å². The third-order valence-electron chi connectivity index (χ3n) is 5.01. The predicted molar refractivity (Wildman–Crippen MR) is 126 cm³/mol. The summed E-state index contributed by atoms with van der Waals surface area (Å²) in [6.07, 6.45) is 11.5. The van der Waals surface area contributed by atoms with Crippen LogP contribution in [-0.4, -0.2) is 13.2 Å². The van der Waals surface area contributed by atoms with Crippen molar-refractivity contribution in [2.75, 3.05) is 13.2 Å². The van der Waals surface area contributed by atoms with Gasteiger partial charge in [-0.15, -0.1) is 0 Å². The highest BCUT2D eigenvalue weighted by molar-refractivity contribution is 5.89. The fourth-order valence-electron chi connectivity index (χ4n) is 3.18. The van der Waals surface area contributed by atoms with Crippen LogP contribution in [0.2, 0.25) is 0 Å². The molecule has 0 atom stereocenters. The van der Waals surface area contributed by atoms with Gasteiger partial charge >= 0.3 is 0 Å². The zero-order valence-electron chi connectivity index (χ0n) is 18.5. The second-order valence-electron chi connectivity index (χ2n) is 7.58. The molecule has 0 saturated heterocycles. The van der Waals surface area contributed by atoms with E-state index in [0.717, 1.165) is 48.7 Å². The van der Waals surface area contributed by atoms with Crippen molar-refractivity contribution in [3.8, 4) is 17.6 Å². The summed E-state index contributed by atoms with van der Waals surface area (Å²) in [6.45, 7) is 5.91. The Balaban J connectivity index is 1.89. The SMILES string of the molecule is CCCCCCOc1ccc(C=C(C#N)c2ccc(OCCCCCC)cc2)cc1. The van der Waals surface area contributed by atoms with E-state index in [2.05, 4.69) is 19.9 Å². The molecule has 30 heavy (non-hydrogen) atoms. The third kappa shape index (κ3) is 8.74. The van der Waals surface area contributed by atoms with Crippen LogP contribution in [0.5, 0.6) is 11.5 Å². The monoisotopic (exact) mass is 405 g/mol. The van der Waals surface area contributed by atoms with E-state index in [0.29, 0.717) is 5.57 Å². The fraction of sp³-hybridized carbons (Fsp3) is 0.444. The lowest BCUT2D eigenvalue weighted by molar-refractivity contribution is 0.305. The quantitative estimate of drug-likeness (QED) is 0.184. The second kappa shape index (κ2) is 14.3. The van der Waals surface area contributed by atoms with Crippen molar-refractivity contribution >= 4 is 11.6 Å². The number of ether oxygens (including phenoxy) is 2. The van der Waals surface area contributed by atoms with Gasteiger partial charge in [0, 0.05) is 0 Å². The number of unbranched alkanes of at least 4 members (excludes halogenated alkanes) is 6. The highest BCUT2D eigenvalue weighted by atomic mass is 16.5. The van der Waals surface area contributed by atoms with Gasteiger partial charge in [-0.2, -0.15) is 5.26 Å². The molecular weight excluding hydrogens is 370 g/mol. The van der Waals surface area contributed by atoms with Gasteiger partial charge in [0.05, 0.1) is 24.9 Å². The molecule has 2 aromatic rings. The number of benzene rings is 2. The van der Waals surface area contributed by atoms with E-state index < -0.39 is 0 Å². The summed E-state index contributed by atoms with van der Waals surface area (Å²) in [6, 6.07) is 18.0. The molecule has 0 aliphatic carbocycles. The van der Waals surface area contributed by atoms with E-state index in [1.807, 2.05) is 54.6 Å². The second-order valence-corrected chi connectivity index (χ2v) is 7.58. The van der Waals surface area contributed by atoms with Crippen molar-refractivity contribution in [3.05, 3.63) is 59.7 Å². The summed E-state index contributed by atoms with van der Waals surface area (Å²) < 4.78 is 11.6. The first-order valence-corrected chi connectivity index (χ1v) is 11.3. The first kappa shape index (κ1) is 23.5. The van der Waals surface area contributed by atoms with E-state index >= 15 is 0 Å². The van der Waals surface area contributed by atoms with Crippen molar-refractivity contribution in [1.82, 2.24) is 0 Å². The van der Waals surface area contributed by atoms with Gasteiger partial charge in [0.15, 0.2) is 0 Å². The lowest BCUT2D eigenvalue weighted by Crippen LogP contribution is -1.97. The van der Waals surface area contributed by atoms with Crippen molar-refractivity contribution in [1.29, 1.82) is 5.26 Å². The Labute approximate surface area is 182 Å². The molecule has 0 aliphatic heterocycles. The molecule has 0 radical (unpaired) electrons. The number of allylic oxidation sites excluding steroid dienone is 1. The average molecular weight is 406 g/mol. The Hall–Kier alpha value is -2.73. The maximum Gasteiger partial charge on any atom is 0.119 e. The molecule has 0 bridgehead atoms. The lowest BCUT2D eigenvalue weighted by Gasteiger charge is -2.07. The molecule has 0 heterocycles. The van der Waals surface area contributed by atoms with Crippen LogP contribution >= 0.6 is 0 Å². The maximum absolute atomic E-state index is 9.60. The highest BCUT2D eigenvalue weighted by Gasteiger charge is 2.03. The van der Waals surface area contributed by atoms with Crippen LogP contribution in [0.25, 0.3) is 11.6 Å². The average Bonchev–Trinajstić information content (AvgIpc) is 2.78. The molecule has 3 nitrogen and oxygen atoms in total. The molecule has 160 valence electrons. The molecule has 3 heteroatoms. The maximum atomic E-state index is 9.60. The Morgan fingerprint density at radius 1 is 0.733 bits per heavy atom. The van der Waals surface area contributed by atoms with Crippen molar-refractivity contribution in [2.45, 2.75) is 65.2 Å². The van der Waals surface area contributed by atoms with Crippen LogP contribution < -0.4 is 9.47 Å². The predicted octanol–water partition coefficient (Wildman–Crippen LogP) is 7.67. The molecule has 0 N–H and O–H groups in total. The van der Waals surface area contributed by atoms with Gasteiger partial charge in [0.1, 0.15) is 11.5 Å². The molecule has 0 saturated carbocycles. The minimum Gasteiger partial charge on any atom is -0.494 e. The van der Waals surface area contributed by atoms with Gasteiger partial charge < -0.3 is 9.47 Å². The zero-order valence-corrected chi connectivity index (χ0v) is 18.5. The number of nitriles is 1. The summed E-state index contributed by atoms with van der Waals surface area (Å²) in [5.74, 6) is 1.73. The van der Waals surface area contributed by atoms with E-state index in [1.165, 1.54) is 38.5 Å². The smallest absolute Gasteiger partial charge is 0.119 e. The summed E-state index contributed by atoms with van der Waals surface area (Å²) in [7, 11) is 0. The van der Waals surface area contributed by atoms with Crippen LogP contribution in [0.15, 0.2) is 48.5 Å². The Morgan fingerprint density at radius 2 is 1.23 bits per heavy atom. The Kier molecular flexibility index (Phi) is 11.2. The fourth-order valence-corrected chi connectivity index (χ4v) is 3.18. The van der Waals surface area contributed by atoms with Crippen LogP contribution in [0.3, 0.4) is 0 Å². The molecule has 0 aromatic heterocycles. The summed E-state index contributed by atoms with van der Waals surface area (Å²) in [4.78, 5) is 0. The van der Waals surface area contributed by atoms with Gasteiger partial charge in [-0.1, -0.05) is 64.5 Å². The Bertz CT molecular complexity index is 785. The molecule has 0 unspecified atom stereocenters. The lowest BCUT2D eigenvalue weighted by atomic mass is 10.0. The first-order valence-electron chi connectivity index (χ1n) is 11.3. The van der Waals surface area contributed by atoms with Crippen molar-refractivity contribution in [2.24, 2.45) is 0 Å². The van der Waals surface area contributed by atoms with Crippen LogP contribution in [-0.2, 0) is 0 Å². The van der Waals surface area contributed by atoms with Crippen LogP contribution in [0.1, 0.15) is 76.3 Å². The third-order valence-corrected chi connectivity index (χ3v) is 5.01. The molecule has 2 rings (SSSR count). The minimum atomic E-state index is 0.637. The standard InChI is InChI=1S/C27H35NO2/c1-3-5-7-9-19-29-26-15-11-23(12-16-26)21-25(22-28)24-13-17-27(18-14-24)30-20-10-8-6-4-2/h11-18,21H,3-10,19-20H2,1-2H3. The molecule has 0 aliphatic rings. The number of hydrogen-bond donors (Lipinski definition) is 0. The van der Waals surface area contributed by atoms with Gasteiger partial charge in [-0.25, -0.2) is 0 Å². The van der Waals surface area contributed by atoms with E-state index in [4.69, 9.17) is 9.47 Å². The first-order chi connectivity index (χ1) is 14.8. The zero-order chi connectivity index (χ0) is 21.4. The molecule has 0 amide bonds. The van der Waals surface area contributed by atoms with E-state index in [-0.39, 0.29) is 0 Å². The summed E-state index contributed by atoms with van der Waals surface area (Å²) >= 11 is 0. The Morgan fingerprint density at radius 3 is 1.70 bits per heavy atom. The minimum absolute atomic E-state index is 0.637. The number of rotatable bonds is 14. The summed E-state index contributed by atoms with van der Waals surface area (Å²) in [5, 5.41) is 9.60. The summed E-state index contributed by atoms with van der Waals surface area (Å²) in [5.41, 5.74) is 2.52.